The third-order valence-electron chi connectivity index (χ3n) is 5.45. The summed E-state index contributed by atoms with van der Waals surface area (Å²) in [4.78, 5) is 26.0. The summed E-state index contributed by atoms with van der Waals surface area (Å²) in [6.07, 6.45) is 0. The van der Waals surface area contributed by atoms with Crippen molar-refractivity contribution < 1.29 is 42.7 Å². The van der Waals surface area contributed by atoms with E-state index in [1.165, 1.54) is 55.8 Å². The van der Waals surface area contributed by atoms with Crippen LogP contribution in [0, 0.1) is 0 Å². The van der Waals surface area contributed by atoms with Crippen molar-refractivity contribution in [2.75, 3.05) is 49.8 Å². The second kappa shape index (κ2) is 10.7. The predicted octanol–water partition coefficient (Wildman–Crippen LogP) is 4.89. The van der Waals surface area contributed by atoms with E-state index in [0.717, 1.165) is 0 Å². The molecule has 0 bridgehead atoms. The molecule has 0 aliphatic carbocycles. The SMILES string of the molecule is COC(=O)c1cc2cc(OC)c(OC)c(OC)c2c(-c2cc(Br)c(OC)c(OC)c2)c1C(=O)OC. The van der Waals surface area contributed by atoms with Crippen molar-refractivity contribution in [1.82, 2.24) is 0 Å². The Balaban J connectivity index is 2.69. The van der Waals surface area contributed by atoms with Gasteiger partial charge >= 0.3 is 11.9 Å². The van der Waals surface area contributed by atoms with Gasteiger partial charge in [0.25, 0.3) is 0 Å². The molecule has 10 heteroatoms. The summed E-state index contributed by atoms with van der Waals surface area (Å²) in [5, 5.41) is 1.02. The number of esters is 2. The minimum atomic E-state index is -0.745. The zero-order chi connectivity index (χ0) is 25.9. The van der Waals surface area contributed by atoms with Gasteiger partial charge in [-0.15, -0.1) is 0 Å². The zero-order valence-corrected chi connectivity index (χ0v) is 21.9. The number of hydrogen-bond donors (Lipinski definition) is 0. The van der Waals surface area contributed by atoms with Crippen molar-refractivity contribution in [3.8, 4) is 39.9 Å². The van der Waals surface area contributed by atoms with E-state index >= 15 is 0 Å². The van der Waals surface area contributed by atoms with Crippen LogP contribution < -0.4 is 23.7 Å². The Kier molecular flexibility index (Phi) is 7.96. The van der Waals surface area contributed by atoms with Crippen LogP contribution in [-0.4, -0.2) is 61.7 Å². The standard InChI is InChI=1S/C25H25BrO9/c1-29-16-11-13(9-15(26)21(16)31-3)18-19-12(10-17(30-2)22(32-4)23(19)33-5)8-14(24(27)34-6)20(18)25(28)35-7/h8-11H,1-7H3. The molecule has 0 atom stereocenters. The molecule has 3 aromatic rings. The summed E-state index contributed by atoms with van der Waals surface area (Å²) in [5.41, 5.74) is 0.837. The molecule has 0 saturated carbocycles. The van der Waals surface area contributed by atoms with Gasteiger partial charge in [-0.25, -0.2) is 9.59 Å². The molecule has 3 aromatic carbocycles. The Labute approximate surface area is 210 Å². The van der Waals surface area contributed by atoms with Gasteiger partial charge in [-0.1, -0.05) is 0 Å². The van der Waals surface area contributed by atoms with E-state index < -0.39 is 11.9 Å². The van der Waals surface area contributed by atoms with Crippen molar-refractivity contribution >= 4 is 38.6 Å². The van der Waals surface area contributed by atoms with Gasteiger partial charge in [0.2, 0.25) is 5.75 Å². The van der Waals surface area contributed by atoms with Crippen molar-refractivity contribution in [2.24, 2.45) is 0 Å². The molecule has 35 heavy (non-hydrogen) atoms. The van der Waals surface area contributed by atoms with Crippen LogP contribution in [0.5, 0.6) is 28.7 Å². The van der Waals surface area contributed by atoms with Crippen molar-refractivity contribution in [3.05, 3.63) is 39.9 Å². The van der Waals surface area contributed by atoms with Crippen molar-refractivity contribution in [1.29, 1.82) is 0 Å². The van der Waals surface area contributed by atoms with E-state index in [1.54, 1.807) is 18.2 Å². The van der Waals surface area contributed by atoms with Crippen LogP contribution in [0.25, 0.3) is 21.9 Å². The highest BCUT2D eigenvalue weighted by molar-refractivity contribution is 9.10. The molecule has 0 fully saturated rings. The highest BCUT2D eigenvalue weighted by atomic mass is 79.9. The predicted molar refractivity (Wildman–Crippen MR) is 133 cm³/mol. The van der Waals surface area contributed by atoms with Crippen LogP contribution in [0.1, 0.15) is 20.7 Å². The van der Waals surface area contributed by atoms with Crippen LogP contribution in [0.4, 0.5) is 0 Å². The summed E-state index contributed by atoms with van der Waals surface area (Å²) in [6, 6.07) is 6.63. The lowest BCUT2D eigenvalue weighted by Crippen LogP contribution is -2.14. The fourth-order valence-corrected chi connectivity index (χ4v) is 4.57. The van der Waals surface area contributed by atoms with Crippen LogP contribution in [-0.2, 0) is 9.47 Å². The Bertz CT molecular complexity index is 1300. The topological polar surface area (TPSA) is 98.8 Å². The molecule has 0 N–H and O–H groups in total. The van der Waals surface area contributed by atoms with Gasteiger partial charge in [-0.2, -0.15) is 0 Å². The Morgan fingerprint density at radius 1 is 0.657 bits per heavy atom. The van der Waals surface area contributed by atoms with E-state index in [4.69, 9.17) is 33.2 Å². The van der Waals surface area contributed by atoms with Crippen LogP contribution >= 0.6 is 15.9 Å². The lowest BCUT2D eigenvalue weighted by Gasteiger charge is -2.21. The number of benzene rings is 3. The van der Waals surface area contributed by atoms with Gasteiger partial charge in [0, 0.05) is 10.9 Å². The summed E-state index contributed by atoms with van der Waals surface area (Å²) in [7, 11) is 9.89. The van der Waals surface area contributed by atoms with E-state index in [0.29, 0.717) is 55.1 Å². The van der Waals surface area contributed by atoms with E-state index in [2.05, 4.69) is 15.9 Å². The molecule has 0 spiro atoms. The highest BCUT2D eigenvalue weighted by Gasteiger charge is 2.30. The lowest BCUT2D eigenvalue weighted by atomic mass is 9.88. The van der Waals surface area contributed by atoms with Crippen LogP contribution in [0.3, 0.4) is 0 Å². The molecule has 0 aliphatic heterocycles. The second-order valence-electron chi connectivity index (χ2n) is 7.09. The molecular weight excluding hydrogens is 524 g/mol. The first-order chi connectivity index (χ1) is 16.8. The lowest BCUT2D eigenvalue weighted by molar-refractivity contribution is 0.0556. The Morgan fingerprint density at radius 2 is 1.23 bits per heavy atom. The van der Waals surface area contributed by atoms with Gasteiger partial charge in [-0.3, -0.25) is 0 Å². The minimum absolute atomic E-state index is 0.00188. The number of carbonyl (C=O) groups excluding carboxylic acids is 2. The number of hydrogen-bond acceptors (Lipinski definition) is 9. The Hall–Kier alpha value is -3.66. The number of halogens is 1. The average molecular weight is 549 g/mol. The summed E-state index contributed by atoms with van der Waals surface area (Å²) >= 11 is 3.50. The van der Waals surface area contributed by atoms with E-state index in [1.807, 2.05) is 0 Å². The van der Waals surface area contributed by atoms with Gasteiger partial charge in [0.1, 0.15) is 0 Å². The van der Waals surface area contributed by atoms with Gasteiger partial charge in [0.05, 0.1) is 65.4 Å². The van der Waals surface area contributed by atoms with Crippen LogP contribution in [0.15, 0.2) is 28.7 Å². The monoisotopic (exact) mass is 548 g/mol. The molecular formula is C25H25BrO9. The van der Waals surface area contributed by atoms with Crippen LogP contribution in [0.2, 0.25) is 0 Å². The van der Waals surface area contributed by atoms with Crippen molar-refractivity contribution in [2.45, 2.75) is 0 Å². The number of rotatable bonds is 8. The first kappa shape index (κ1) is 26.0. The molecule has 0 unspecified atom stereocenters. The zero-order valence-electron chi connectivity index (χ0n) is 20.4. The number of fused-ring (bicyclic) bond motifs is 1. The van der Waals surface area contributed by atoms with Gasteiger partial charge < -0.3 is 33.2 Å². The molecule has 3 rings (SSSR count). The maximum absolute atomic E-state index is 13.1. The quantitative estimate of drug-likeness (QED) is 0.364. The third-order valence-corrected chi connectivity index (χ3v) is 6.04. The first-order valence-corrected chi connectivity index (χ1v) is 11.0. The molecule has 0 aliphatic rings. The second-order valence-corrected chi connectivity index (χ2v) is 7.95. The smallest absolute Gasteiger partial charge is 0.339 e. The average Bonchev–Trinajstić information content (AvgIpc) is 2.88. The third kappa shape index (κ3) is 4.41. The maximum Gasteiger partial charge on any atom is 0.339 e. The first-order valence-electron chi connectivity index (χ1n) is 10.2. The summed E-state index contributed by atoms with van der Waals surface area (Å²) < 4.78 is 38.4. The summed E-state index contributed by atoms with van der Waals surface area (Å²) in [6.45, 7) is 0. The molecule has 0 aromatic heterocycles. The van der Waals surface area contributed by atoms with E-state index in [-0.39, 0.29) is 11.1 Å². The number of methoxy groups -OCH3 is 7. The molecule has 0 amide bonds. The maximum atomic E-state index is 13.1. The normalized spacial score (nSPS) is 10.5. The highest BCUT2D eigenvalue weighted by Crippen LogP contribution is 2.50. The van der Waals surface area contributed by atoms with Gasteiger partial charge in [-0.05, 0) is 51.1 Å². The fraction of sp³-hybridized carbons (Fsp3) is 0.280. The molecule has 0 heterocycles. The molecule has 186 valence electrons. The fourth-order valence-electron chi connectivity index (χ4n) is 3.97. The van der Waals surface area contributed by atoms with Gasteiger partial charge in [0.15, 0.2) is 23.0 Å². The Morgan fingerprint density at radius 3 is 1.74 bits per heavy atom. The van der Waals surface area contributed by atoms with E-state index in [9.17, 15) is 9.59 Å². The molecule has 9 nitrogen and oxygen atoms in total. The molecule has 0 radical (unpaired) electrons. The minimum Gasteiger partial charge on any atom is -0.493 e. The van der Waals surface area contributed by atoms with Crippen molar-refractivity contribution in [3.63, 3.8) is 0 Å². The largest absolute Gasteiger partial charge is 0.493 e. The number of ether oxygens (including phenoxy) is 7. The summed E-state index contributed by atoms with van der Waals surface area (Å²) in [5.74, 6) is 0.360. The number of carbonyl (C=O) groups is 2. The molecule has 0 saturated heterocycles.